The number of fused-ring (bicyclic) bond motifs is 4. The normalized spacial score (nSPS) is 40.0. The Morgan fingerprint density at radius 3 is 2.83 bits per heavy atom. The molecule has 4 heterocycles. The second-order valence-electron chi connectivity index (χ2n) is 8.09. The maximum absolute atomic E-state index is 12.3. The molecule has 0 spiro atoms. The van der Waals surface area contributed by atoms with Gasteiger partial charge in [-0.1, -0.05) is 0 Å². The Morgan fingerprint density at radius 2 is 1.93 bits per heavy atom. The molecule has 7 atom stereocenters. The average Bonchev–Trinajstić information content (AvgIpc) is 3.33. The van der Waals surface area contributed by atoms with Crippen molar-refractivity contribution in [2.75, 3.05) is 26.8 Å². The summed E-state index contributed by atoms with van der Waals surface area (Å²) in [6, 6.07) is 3.85. The second-order valence-corrected chi connectivity index (χ2v) is 8.09. The summed E-state index contributed by atoms with van der Waals surface area (Å²) in [5, 5.41) is 10.5. The number of hydrogen-bond acceptors (Lipinski definition) is 9. The Bertz CT molecular complexity index is 826. The number of hydrogen-bond donors (Lipinski definition) is 1. The van der Waals surface area contributed by atoms with Crippen molar-refractivity contribution in [1.29, 1.82) is 0 Å². The van der Waals surface area contributed by atoms with Gasteiger partial charge in [0.05, 0.1) is 31.3 Å². The zero-order valence-electron chi connectivity index (χ0n) is 15.7. The largest absolute Gasteiger partial charge is 0.465 e. The molecule has 1 aliphatic carbocycles. The van der Waals surface area contributed by atoms with E-state index in [-0.39, 0.29) is 37.8 Å². The molecule has 1 aromatic carbocycles. The molecular weight excluding hydrogens is 384 g/mol. The third-order valence-corrected chi connectivity index (χ3v) is 6.44. The van der Waals surface area contributed by atoms with Gasteiger partial charge >= 0.3 is 5.97 Å². The molecule has 0 amide bonds. The minimum atomic E-state index is -0.709. The molecule has 0 saturated carbocycles. The summed E-state index contributed by atoms with van der Waals surface area (Å²) in [5.41, 5.74) is 1.93. The highest BCUT2D eigenvalue weighted by molar-refractivity contribution is 5.76. The summed E-state index contributed by atoms with van der Waals surface area (Å²) in [6.07, 6.45) is -1.72. The third-order valence-electron chi connectivity index (χ3n) is 6.44. The molecule has 0 radical (unpaired) electrons. The Morgan fingerprint density at radius 1 is 1.07 bits per heavy atom. The third kappa shape index (κ3) is 2.91. The lowest BCUT2D eigenvalue weighted by Crippen LogP contribution is -2.55. The Balaban J connectivity index is 1.31. The maximum atomic E-state index is 12.3. The number of aliphatic hydroxyl groups is 1. The van der Waals surface area contributed by atoms with Gasteiger partial charge in [0.15, 0.2) is 17.8 Å². The van der Waals surface area contributed by atoms with Gasteiger partial charge in [-0.2, -0.15) is 0 Å². The molecule has 6 unspecified atom stereocenters. The molecule has 3 fully saturated rings. The van der Waals surface area contributed by atoms with Gasteiger partial charge in [0.2, 0.25) is 6.79 Å². The van der Waals surface area contributed by atoms with Crippen LogP contribution in [0.4, 0.5) is 0 Å². The van der Waals surface area contributed by atoms with E-state index in [4.69, 9.17) is 33.2 Å². The smallest absolute Gasteiger partial charge is 0.309 e. The van der Waals surface area contributed by atoms with Gasteiger partial charge in [0.25, 0.3) is 0 Å². The van der Waals surface area contributed by atoms with Crippen molar-refractivity contribution in [2.24, 2.45) is 11.8 Å². The van der Waals surface area contributed by atoms with Crippen LogP contribution < -0.4 is 9.47 Å². The number of rotatable bonds is 2. The van der Waals surface area contributed by atoms with Crippen LogP contribution in [-0.4, -0.2) is 62.5 Å². The first-order valence-electron chi connectivity index (χ1n) is 9.95. The van der Waals surface area contributed by atoms with Gasteiger partial charge in [-0.05, 0) is 29.7 Å². The Labute approximate surface area is 166 Å². The summed E-state index contributed by atoms with van der Waals surface area (Å²) < 4.78 is 39.6. The lowest BCUT2D eigenvalue weighted by Gasteiger charge is -2.43. The number of cyclic esters (lactones) is 1. The number of benzene rings is 1. The predicted molar refractivity (Wildman–Crippen MR) is 93.0 cm³/mol. The van der Waals surface area contributed by atoms with E-state index in [1.165, 1.54) is 0 Å². The van der Waals surface area contributed by atoms with Gasteiger partial charge < -0.3 is 38.3 Å². The molecular formula is C20H22O9. The lowest BCUT2D eigenvalue weighted by molar-refractivity contribution is -0.319. The van der Waals surface area contributed by atoms with Gasteiger partial charge in [-0.3, -0.25) is 4.79 Å². The van der Waals surface area contributed by atoms with Gasteiger partial charge in [-0.25, -0.2) is 0 Å². The summed E-state index contributed by atoms with van der Waals surface area (Å²) in [5.74, 6) is 0.754. The molecule has 0 aromatic heterocycles. The highest BCUT2D eigenvalue weighted by atomic mass is 16.7. The Kier molecular flexibility index (Phi) is 4.21. The minimum Gasteiger partial charge on any atom is -0.465 e. The molecule has 9 heteroatoms. The van der Waals surface area contributed by atoms with Crippen LogP contribution >= 0.6 is 0 Å². The average molecular weight is 406 g/mol. The number of aliphatic hydroxyl groups excluding tert-OH is 1. The van der Waals surface area contributed by atoms with E-state index in [9.17, 15) is 9.90 Å². The van der Waals surface area contributed by atoms with E-state index < -0.39 is 30.7 Å². The first kappa shape index (κ1) is 17.9. The van der Waals surface area contributed by atoms with E-state index in [2.05, 4.69) is 0 Å². The lowest BCUT2D eigenvalue weighted by atomic mass is 9.75. The van der Waals surface area contributed by atoms with Crippen molar-refractivity contribution in [3.05, 3.63) is 23.3 Å². The molecule has 0 bridgehead atoms. The fourth-order valence-corrected chi connectivity index (χ4v) is 4.99. The van der Waals surface area contributed by atoms with Crippen molar-refractivity contribution in [3.63, 3.8) is 0 Å². The molecule has 9 nitrogen and oxygen atoms in total. The van der Waals surface area contributed by atoms with E-state index in [0.29, 0.717) is 31.1 Å². The fraction of sp³-hybridized carbons (Fsp3) is 0.650. The van der Waals surface area contributed by atoms with Crippen molar-refractivity contribution in [3.8, 4) is 11.5 Å². The van der Waals surface area contributed by atoms with Crippen LogP contribution in [0.2, 0.25) is 0 Å². The molecule has 1 N–H and O–H groups in total. The van der Waals surface area contributed by atoms with Crippen molar-refractivity contribution >= 4 is 5.97 Å². The van der Waals surface area contributed by atoms with E-state index >= 15 is 0 Å². The molecule has 156 valence electrons. The van der Waals surface area contributed by atoms with Crippen LogP contribution in [0.3, 0.4) is 0 Å². The number of carbonyl (C=O) groups excluding carboxylic acids is 1. The summed E-state index contributed by atoms with van der Waals surface area (Å²) in [7, 11) is 0. The predicted octanol–water partition coefficient (Wildman–Crippen LogP) is 0.667. The SMILES string of the molecule is O=C1OCC2C1Cc1cc3c(cc1C2OC1CC(O)[C@@H]2OCOCC2O1)OCO3. The van der Waals surface area contributed by atoms with Crippen LogP contribution in [0.5, 0.6) is 11.5 Å². The standard InChI is InChI=1S/C20H22O9/c21-13-4-17(28-16-6-23-7-27-19(13)16)29-18-10-3-15-14(25-8-26-15)2-9(10)1-11-12(18)5-24-20(11)22/h2-3,11-13,16-19,21H,1,4-8H2/t11?,12?,13?,16?,17?,18?,19-/m0/s1. The Hall–Kier alpha value is -1.91. The number of ether oxygens (including phenoxy) is 7. The summed E-state index contributed by atoms with van der Waals surface area (Å²) in [4.78, 5) is 12.3. The van der Waals surface area contributed by atoms with E-state index in [1.54, 1.807) is 0 Å². The van der Waals surface area contributed by atoms with Gasteiger partial charge in [-0.15, -0.1) is 0 Å². The van der Waals surface area contributed by atoms with Crippen molar-refractivity contribution in [2.45, 2.75) is 43.5 Å². The quantitative estimate of drug-likeness (QED) is 0.710. The molecule has 1 aromatic rings. The van der Waals surface area contributed by atoms with Crippen LogP contribution in [0.25, 0.3) is 0 Å². The van der Waals surface area contributed by atoms with Crippen LogP contribution in [0, 0.1) is 11.8 Å². The zero-order valence-corrected chi connectivity index (χ0v) is 15.7. The minimum absolute atomic E-state index is 0.118. The molecule has 3 saturated heterocycles. The topological polar surface area (TPSA) is 102 Å². The molecule has 5 aliphatic rings. The molecule has 6 rings (SSSR count). The fourth-order valence-electron chi connectivity index (χ4n) is 4.99. The number of carbonyl (C=O) groups is 1. The van der Waals surface area contributed by atoms with Crippen LogP contribution in [-0.2, 0) is 34.9 Å². The molecule has 4 aliphatic heterocycles. The number of esters is 1. The van der Waals surface area contributed by atoms with Gasteiger partial charge in [0, 0.05) is 12.3 Å². The van der Waals surface area contributed by atoms with Crippen molar-refractivity contribution < 1.29 is 43.1 Å². The van der Waals surface area contributed by atoms with Gasteiger partial charge in [0.1, 0.15) is 19.0 Å². The highest BCUT2D eigenvalue weighted by Gasteiger charge is 2.49. The maximum Gasteiger partial charge on any atom is 0.309 e. The van der Waals surface area contributed by atoms with Crippen molar-refractivity contribution in [1.82, 2.24) is 0 Å². The monoisotopic (exact) mass is 406 g/mol. The van der Waals surface area contributed by atoms with Crippen LogP contribution in [0.1, 0.15) is 23.7 Å². The zero-order chi connectivity index (χ0) is 19.5. The van der Waals surface area contributed by atoms with E-state index in [0.717, 1.165) is 11.1 Å². The summed E-state index contributed by atoms with van der Waals surface area (Å²) >= 11 is 0. The van der Waals surface area contributed by atoms with E-state index in [1.807, 2.05) is 12.1 Å². The first-order chi connectivity index (χ1) is 14.2. The second kappa shape index (κ2) is 6.82. The summed E-state index contributed by atoms with van der Waals surface area (Å²) in [6.45, 7) is 0.976. The first-order valence-corrected chi connectivity index (χ1v) is 9.95. The molecule has 29 heavy (non-hydrogen) atoms. The highest BCUT2D eigenvalue weighted by Crippen LogP contribution is 2.49. The van der Waals surface area contributed by atoms with Crippen LogP contribution in [0.15, 0.2) is 12.1 Å².